The van der Waals surface area contributed by atoms with Crippen molar-refractivity contribution in [2.75, 3.05) is 5.32 Å². The molecule has 0 saturated heterocycles. The molecular formula is C18H14ClN3O2. The van der Waals surface area contributed by atoms with E-state index >= 15 is 0 Å². The van der Waals surface area contributed by atoms with Gasteiger partial charge in [0.15, 0.2) is 11.6 Å². The van der Waals surface area contributed by atoms with Crippen molar-refractivity contribution in [3.63, 3.8) is 0 Å². The first-order chi connectivity index (χ1) is 11.7. The fourth-order valence-electron chi connectivity index (χ4n) is 2.05. The van der Waals surface area contributed by atoms with E-state index in [1.165, 1.54) is 0 Å². The van der Waals surface area contributed by atoms with Crippen LogP contribution in [-0.4, -0.2) is 15.9 Å². The highest BCUT2D eigenvalue weighted by molar-refractivity contribution is 6.31. The molecule has 2 heterocycles. The van der Waals surface area contributed by atoms with Gasteiger partial charge in [0.2, 0.25) is 0 Å². The molecule has 0 bridgehead atoms. The molecule has 120 valence electrons. The topological polar surface area (TPSA) is 64.1 Å². The third kappa shape index (κ3) is 4.08. The van der Waals surface area contributed by atoms with E-state index < -0.39 is 0 Å². The standard InChI is InChI=1S/C18H14ClN3O2/c19-15-4-1-3-14(11-15)18(23)22-17-16(5-2-8-21-17)24-12-13-6-9-20-10-7-13/h1-11H,12H2,(H,21,22,23). The van der Waals surface area contributed by atoms with Crippen molar-refractivity contribution < 1.29 is 9.53 Å². The number of nitrogens with one attached hydrogen (secondary N) is 1. The summed E-state index contributed by atoms with van der Waals surface area (Å²) in [5.41, 5.74) is 1.43. The summed E-state index contributed by atoms with van der Waals surface area (Å²) in [5.74, 6) is 0.547. The van der Waals surface area contributed by atoms with Gasteiger partial charge in [-0.05, 0) is 48.0 Å². The van der Waals surface area contributed by atoms with E-state index in [1.807, 2.05) is 12.1 Å². The molecule has 2 aromatic heterocycles. The highest BCUT2D eigenvalue weighted by atomic mass is 35.5. The van der Waals surface area contributed by atoms with Crippen molar-refractivity contribution in [1.29, 1.82) is 0 Å². The molecule has 0 aliphatic heterocycles. The van der Waals surface area contributed by atoms with Crippen LogP contribution in [0.15, 0.2) is 67.1 Å². The lowest BCUT2D eigenvalue weighted by molar-refractivity contribution is 0.102. The maximum absolute atomic E-state index is 12.3. The van der Waals surface area contributed by atoms with Gasteiger partial charge in [0.25, 0.3) is 5.91 Å². The van der Waals surface area contributed by atoms with Crippen LogP contribution in [0.2, 0.25) is 5.02 Å². The minimum Gasteiger partial charge on any atom is -0.485 e. The van der Waals surface area contributed by atoms with Gasteiger partial charge in [0.1, 0.15) is 6.61 Å². The Hall–Kier alpha value is -2.92. The third-order valence-electron chi connectivity index (χ3n) is 3.23. The monoisotopic (exact) mass is 339 g/mol. The van der Waals surface area contributed by atoms with E-state index in [4.69, 9.17) is 16.3 Å². The number of aromatic nitrogens is 2. The van der Waals surface area contributed by atoms with E-state index in [0.29, 0.717) is 28.8 Å². The number of hydrogen-bond donors (Lipinski definition) is 1. The number of halogens is 1. The predicted molar refractivity (Wildman–Crippen MR) is 92.2 cm³/mol. The van der Waals surface area contributed by atoms with Gasteiger partial charge < -0.3 is 10.1 Å². The first kappa shape index (κ1) is 16.0. The van der Waals surface area contributed by atoms with Gasteiger partial charge in [-0.2, -0.15) is 0 Å². The summed E-state index contributed by atoms with van der Waals surface area (Å²) in [5, 5.41) is 3.24. The van der Waals surface area contributed by atoms with Crippen molar-refractivity contribution >= 4 is 23.3 Å². The van der Waals surface area contributed by atoms with Crippen molar-refractivity contribution in [2.24, 2.45) is 0 Å². The van der Waals surface area contributed by atoms with E-state index in [9.17, 15) is 4.79 Å². The van der Waals surface area contributed by atoms with Gasteiger partial charge in [0, 0.05) is 29.2 Å². The zero-order valence-corrected chi connectivity index (χ0v) is 13.4. The summed E-state index contributed by atoms with van der Waals surface area (Å²) in [6, 6.07) is 13.9. The van der Waals surface area contributed by atoms with E-state index in [0.717, 1.165) is 5.56 Å². The summed E-state index contributed by atoms with van der Waals surface area (Å²) >= 11 is 5.92. The zero-order chi connectivity index (χ0) is 16.8. The van der Waals surface area contributed by atoms with Gasteiger partial charge >= 0.3 is 0 Å². The second-order valence-electron chi connectivity index (χ2n) is 4.96. The van der Waals surface area contributed by atoms with Gasteiger partial charge in [-0.1, -0.05) is 17.7 Å². The minimum absolute atomic E-state index is 0.301. The lowest BCUT2D eigenvalue weighted by Gasteiger charge is -2.11. The molecule has 0 spiro atoms. The summed E-state index contributed by atoms with van der Waals surface area (Å²) in [4.78, 5) is 20.5. The van der Waals surface area contributed by atoms with Crippen LogP contribution in [-0.2, 0) is 6.61 Å². The van der Waals surface area contributed by atoms with Gasteiger partial charge in [0.05, 0.1) is 0 Å². The highest BCUT2D eigenvalue weighted by Gasteiger charge is 2.11. The average molecular weight is 340 g/mol. The van der Waals surface area contributed by atoms with Crippen molar-refractivity contribution in [1.82, 2.24) is 9.97 Å². The van der Waals surface area contributed by atoms with Crippen LogP contribution < -0.4 is 10.1 Å². The third-order valence-corrected chi connectivity index (χ3v) is 3.47. The molecule has 0 unspecified atom stereocenters. The Balaban J connectivity index is 1.73. The predicted octanol–water partition coefficient (Wildman–Crippen LogP) is 3.96. The summed E-state index contributed by atoms with van der Waals surface area (Å²) in [6.45, 7) is 0.355. The molecule has 0 saturated carbocycles. The Morgan fingerprint density at radius 2 is 1.92 bits per heavy atom. The molecule has 0 fully saturated rings. The molecule has 5 nitrogen and oxygen atoms in total. The SMILES string of the molecule is O=C(Nc1ncccc1OCc1ccncc1)c1cccc(Cl)c1. The molecule has 1 aromatic carbocycles. The zero-order valence-electron chi connectivity index (χ0n) is 12.6. The molecule has 0 aliphatic carbocycles. The van der Waals surface area contributed by atoms with Crippen LogP contribution in [0.1, 0.15) is 15.9 Å². The number of rotatable bonds is 5. The molecule has 0 radical (unpaired) electrons. The van der Waals surface area contributed by atoms with Gasteiger partial charge in [-0.3, -0.25) is 9.78 Å². The van der Waals surface area contributed by atoms with Crippen LogP contribution in [0.3, 0.4) is 0 Å². The summed E-state index contributed by atoms with van der Waals surface area (Å²) in [6.07, 6.45) is 4.99. The minimum atomic E-state index is -0.301. The Morgan fingerprint density at radius 3 is 2.71 bits per heavy atom. The van der Waals surface area contributed by atoms with E-state index in [2.05, 4.69) is 15.3 Å². The van der Waals surface area contributed by atoms with Crippen molar-refractivity contribution in [3.8, 4) is 5.75 Å². The van der Waals surface area contributed by atoms with Crippen LogP contribution in [0.25, 0.3) is 0 Å². The number of benzene rings is 1. The van der Waals surface area contributed by atoms with E-state index in [1.54, 1.807) is 55.0 Å². The Bertz CT molecular complexity index is 840. The van der Waals surface area contributed by atoms with Gasteiger partial charge in [-0.15, -0.1) is 0 Å². The summed E-state index contributed by atoms with van der Waals surface area (Å²) < 4.78 is 5.75. The van der Waals surface area contributed by atoms with Crippen molar-refractivity contribution in [2.45, 2.75) is 6.61 Å². The molecule has 0 atom stereocenters. The lowest BCUT2D eigenvalue weighted by Crippen LogP contribution is -2.14. The molecule has 6 heteroatoms. The second-order valence-corrected chi connectivity index (χ2v) is 5.40. The smallest absolute Gasteiger partial charge is 0.256 e. The first-order valence-electron chi connectivity index (χ1n) is 7.26. The molecule has 1 N–H and O–H groups in total. The van der Waals surface area contributed by atoms with Gasteiger partial charge in [-0.25, -0.2) is 4.98 Å². The molecule has 3 rings (SSSR count). The number of carbonyl (C=O) groups is 1. The normalized spacial score (nSPS) is 10.2. The average Bonchev–Trinajstić information content (AvgIpc) is 2.62. The number of hydrogen-bond acceptors (Lipinski definition) is 4. The second kappa shape index (κ2) is 7.57. The molecular weight excluding hydrogens is 326 g/mol. The number of amides is 1. The molecule has 1 amide bonds. The Labute approximate surface area is 144 Å². The first-order valence-corrected chi connectivity index (χ1v) is 7.64. The fourth-order valence-corrected chi connectivity index (χ4v) is 2.24. The Morgan fingerprint density at radius 1 is 1.08 bits per heavy atom. The fraction of sp³-hybridized carbons (Fsp3) is 0.0556. The number of ether oxygens (including phenoxy) is 1. The summed E-state index contributed by atoms with van der Waals surface area (Å²) in [7, 11) is 0. The quantitative estimate of drug-likeness (QED) is 0.764. The number of pyridine rings is 2. The van der Waals surface area contributed by atoms with Crippen LogP contribution in [0.5, 0.6) is 5.75 Å². The lowest BCUT2D eigenvalue weighted by atomic mass is 10.2. The van der Waals surface area contributed by atoms with Crippen molar-refractivity contribution in [3.05, 3.63) is 83.3 Å². The van der Waals surface area contributed by atoms with E-state index in [-0.39, 0.29) is 5.91 Å². The largest absolute Gasteiger partial charge is 0.485 e. The maximum atomic E-state index is 12.3. The number of anilines is 1. The van der Waals surface area contributed by atoms with Crippen LogP contribution in [0, 0.1) is 0 Å². The van der Waals surface area contributed by atoms with Crippen LogP contribution in [0.4, 0.5) is 5.82 Å². The molecule has 24 heavy (non-hydrogen) atoms. The highest BCUT2D eigenvalue weighted by Crippen LogP contribution is 2.23. The Kier molecular flexibility index (Phi) is 5.03. The van der Waals surface area contributed by atoms with Crippen LogP contribution >= 0.6 is 11.6 Å². The maximum Gasteiger partial charge on any atom is 0.256 e. The molecule has 3 aromatic rings. The number of nitrogens with zero attached hydrogens (tertiary/aromatic N) is 2. The number of carbonyl (C=O) groups excluding carboxylic acids is 1. The molecule has 0 aliphatic rings.